The third kappa shape index (κ3) is 5.16. The second-order valence-corrected chi connectivity index (χ2v) is 6.08. The summed E-state index contributed by atoms with van der Waals surface area (Å²) >= 11 is 0. The highest BCUT2D eigenvalue weighted by atomic mass is 16.5. The summed E-state index contributed by atoms with van der Waals surface area (Å²) in [4.78, 5) is 12.1. The third-order valence-electron chi connectivity index (χ3n) is 4.19. The van der Waals surface area contributed by atoms with Crippen molar-refractivity contribution >= 4 is 12.0 Å². The number of benzene rings is 2. The van der Waals surface area contributed by atoms with Gasteiger partial charge in [-0.15, -0.1) is 0 Å². The quantitative estimate of drug-likeness (QED) is 0.587. The summed E-state index contributed by atoms with van der Waals surface area (Å²) in [6.07, 6.45) is 3.14. The number of hydrogen-bond acceptors (Lipinski definition) is 6. The van der Waals surface area contributed by atoms with Gasteiger partial charge in [-0.25, -0.2) is 0 Å². The number of ether oxygens (including phenoxy) is 3. The minimum Gasteiger partial charge on any atom is -0.497 e. The zero-order valence-corrected chi connectivity index (χ0v) is 16.5. The number of carbonyl (C=O) groups excluding carboxylic acids is 1. The Kier molecular flexibility index (Phi) is 6.52. The second-order valence-electron chi connectivity index (χ2n) is 6.08. The number of nitrogens with one attached hydrogen (secondary N) is 1. The first kappa shape index (κ1) is 20.0. The Morgan fingerprint density at radius 2 is 1.86 bits per heavy atom. The van der Waals surface area contributed by atoms with E-state index in [1.54, 1.807) is 45.6 Å². The SMILES string of the molecule is COc1cccc(-c2cc(CNC(=O)/C=C\c3ccc(OC)c(OC)c3)no2)c1. The lowest BCUT2D eigenvalue weighted by atomic mass is 10.1. The molecule has 0 aliphatic carbocycles. The molecule has 0 fully saturated rings. The van der Waals surface area contributed by atoms with Crippen LogP contribution >= 0.6 is 0 Å². The highest BCUT2D eigenvalue weighted by Gasteiger charge is 2.08. The molecule has 0 atom stereocenters. The monoisotopic (exact) mass is 394 g/mol. The van der Waals surface area contributed by atoms with Crippen LogP contribution in [-0.2, 0) is 11.3 Å². The minimum absolute atomic E-state index is 0.245. The van der Waals surface area contributed by atoms with Crippen molar-refractivity contribution in [1.82, 2.24) is 10.5 Å². The third-order valence-corrected chi connectivity index (χ3v) is 4.19. The molecule has 0 radical (unpaired) electrons. The van der Waals surface area contributed by atoms with Gasteiger partial charge in [0.1, 0.15) is 11.4 Å². The molecule has 3 rings (SSSR count). The van der Waals surface area contributed by atoms with Gasteiger partial charge in [0.15, 0.2) is 17.3 Å². The van der Waals surface area contributed by atoms with E-state index in [1.165, 1.54) is 6.08 Å². The van der Waals surface area contributed by atoms with Crippen molar-refractivity contribution in [3.8, 4) is 28.6 Å². The van der Waals surface area contributed by atoms with E-state index in [2.05, 4.69) is 10.5 Å². The average Bonchev–Trinajstić information content (AvgIpc) is 3.25. The van der Waals surface area contributed by atoms with Gasteiger partial charge in [0.25, 0.3) is 0 Å². The molecule has 150 valence electrons. The molecule has 0 bridgehead atoms. The number of carbonyl (C=O) groups is 1. The zero-order valence-electron chi connectivity index (χ0n) is 16.5. The van der Waals surface area contributed by atoms with Gasteiger partial charge in [-0.3, -0.25) is 4.79 Å². The molecule has 3 aromatic rings. The van der Waals surface area contributed by atoms with Crippen molar-refractivity contribution in [2.75, 3.05) is 21.3 Å². The van der Waals surface area contributed by atoms with E-state index in [-0.39, 0.29) is 12.5 Å². The summed E-state index contributed by atoms with van der Waals surface area (Å²) in [5.74, 6) is 2.32. The highest BCUT2D eigenvalue weighted by molar-refractivity contribution is 5.91. The molecule has 0 saturated carbocycles. The van der Waals surface area contributed by atoms with E-state index in [0.717, 1.165) is 16.9 Å². The second kappa shape index (κ2) is 9.45. The normalized spacial score (nSPS) is 10.7. The Morgan fingerprint density at radius 1 is 1.03 bits per heavy atom. The fourth-order valence-corrected chi connectivity index (χ4v) is 2.67. The van der Waals surface area contributed by atoms with Crippen LogP contribution in [0.5, 0.6) is 17.2 Å². The lowest BCUT2D eigenvalue weighted by molar-refractivity contribution is -0.116. The first-order valence-electron chi connectivity index (χ1n) is 8.91. The van der Waals surface area contributed by atoms with Crippen LogP contribution in [0.3, 0.4) is 0 Å². The maximum atomic E-state index is 12.1. The lowest BCUT2D eigenvalue weighted by Crippen LogP contribution is -2.20. The van der Waals surface area contributed by atoms with Crippen LogP contribution in [0, 0.1) is 0 Å². The van der Waals surface area contributed by atoms with E-state index in [4.69, 9.17) is 18.7 Å². The number of hydrogen-bond donors (Lipinski definition) is 1. The number of aromatic nitrogens is 1. The Labute approximate surface area is 168 Å². The van der Waals surface area contributed by atoms with Gasteiger partial charge in [0.05, 0.1) is 27.9 Å². The minimum atomic E-state index is -0.245. The molecule has 29 heavy (non-hydrogen) atoms. The van der Waals surface area contributed by atoms with Crippen LogP contribution in [0.2, 0.25) is 0 Å². The van der Waals surface area contributed by atoms with Crippen LogP contribution in [0.1, 0.15) is 11.3 Å². The molecule has 0 aliphatic heterocycles. The number of amides is 1. The van der Waals surface area contributed by atoms with Crippen molar-refractivity contribution in [3.05, 3.63) is 65.9 Å². The Morgan fingerprint density at radius 3 is 2.62 bits per heavy atom. The fourth-order valence-electron chi connectivity index (χ4n) is 2.67. The Balaban J connectivity index is 1.58. The smallest absolute Gasteiger partial charge is 0.244 e. The molecule has 0 saturated heterocycles. The topological polar surface area (TPSA) is 82.8 Å². The van der Waals surface area contributed by atoms with Gasteiger partial charge in [-0.2, -0.15) is 0 Å². The maximum absolute atomic E-state index is 12.1. The molecule has 7 nitrogen and oxygen atoms in total. The zero-order chi connectivity index (χ0) is 20.6. The van der Waals surface area contributed by atoms with Crippen LogP contribution in [0.15, 0.2) is 59.1 Å². The standard InChI is InChI=1S/C22H22N2O5/c1-26-18-6-4-5-16(12-18)20-13-17(24-29-20)14-23-22(25)10-8-15-7-9-19(27-2)21(11-15)28-3/h4-13H,14H2,1-3H3,(H,23,25)/b10-8-. The molecular weight excluding hydrogens is 372 g/mol. The molecule has 0 aliphatic rings. The summed E-state index contributed by atoms with van der Waals surface area (Å²) in [5, 5.41) is 6.77. The molecule has 0 spiro atoms. The van der Waals surface area contributed by atoms with Gasteiger partial charge in [-0.1, -0.05) is 23.4 Å². The van der Waals surface area contributed by atoms with Gasteiger partial charge < -0.3 is 24.1 Å². The van der Waals surface area contributed by atoms with Gasteiger partial charge >= 0.3 is 0 Å². The maximum Gasteiger partial charge on any atom is 0.244 e. The van der Waals surface area contributed by atoms with Crippen molar-refractivity contribution in [3.63, 3.8) is 0 Å². The number of nitrogens with zero attached hydrogens (tertiary/aromatic N) is 1. The lowest BCUT2D eigenvalue weighted by Gasteiger charge is -2.07. The summed E-state index contributed by atoms with van der Waals surface area (Å²) in [7, 11) is 4.75. The van der Waals surface area contributed by atoms with Gasteiger partial charge in [-0.05, 0) is 35.9 Å². The molecule has 2 aromatic carbocycles. The van der Waals surface area contributed by atoms with Crippen molar-refractivity contribution in [2.24, 2.45) is 0 Å². The predicted octanol–water partition coefficient (Wildman–Crippen LogP) is 3.70. The van der Waals surface area contributed by atoms with E-state index < -0.39 is 0 Å². The van der Waals surface area contributed by atoms with Crippen molar-refractivity contribution in [1.29, 1.82) is 0 Å². The average molecular weight is 394 g/mol. The first-order valence-corrected chi connectivity index (χ1v) is 8.91. The summed E-state index contributed by atoms with van der Waals surface area (Å²) in [6, 6.07) is 14.7. The van der Waals surface area contributed by atoms with Crippen LogP contribution < -0.4 is 19.5 Å². The molecule has 1 aromatic heterocycles. The van der Waals surface area contributed by atoms with Crippen LogP contribution in [0.25, 0.3) is 17.4 Å². The van der Waals surface area contributed by atoms with E-state index >= 15 is 0 Å². The number of methoxy groups -OCH3 is 3. The molecule has 1 amide bonds. The Bertz CT molecular complexity index is 1010. The highest BCUT2D eigenvalue weighted by Crippen LogP contribution is 2.28. The predicted molar refractivity (Wildman–Crippen MR) is 109 cm³/mol. The van der Waals surface area contributed by atoms with Crippen molar-refractivity contribution < 1.29 is 23.5 Å². The Hall–Kier alpha value is -3.74. The van der Waals surface area contributed by atoms with Gasteiger partial charge in [0.2, 0.25) is 5.91 Å². The molecule has 7 heteroatoms. The van der Waals surface area contributed by atoms with Gasteiger partial charge in [0, 0.05) is 17.7 Å². The fraction of sp³-hybridized carbons (Fsp3) is 0.182. The van der Waals surface area contributed by atoms with E-state index in [9.17, 15) is 4.79 Å². The largest absolute Gasteiger partial charge is 0.497 e. The first-order chi connectivity index (χ1) is 14.1. The molecule has 1 N–H and O–H groups in total. The van der Waals surface area contributed by atoms with E-state index in [1.807, 2.05) is 30.3 Å². The van der Waals surface area contributed by atoms with E-state index in [0.29, 0.717) is 23.0 Å². The molecule has 0 unspecified atom stereocenters. The van der Waals surface area contributed by atoms with Crippen molar-refractivity contribution in [2.45, 2.75) is 6.54 Å². The summed E-state index contributed by atoms with van der Waals surface area (Å²) in [6.45, 7) is 0.253. The van der Waals surface area contributed by atoms with Crippen LogP contribution in [0.4, 0.5) is 0 Å². The summed E-state index contributed by atoms with van der Waals surface area (Å²) < 4.78 is 21.0. The van der Waals surface area contributed by atoms with Crippen LogP contribution in [-0.4, -0.2) is 32.4 Å². The molecular formula is C22H22N2O5. The summed E-state index contributed by atoms with van der Waals surface area (Å²) in [5.41, 5.74) is 2.29. The number of rotatable bonds is 8. The molecule has 1 heterocycles.